The van der Waals surface area contributed by atoms with Gasteiger partial charge in [0.05, 0.1) is 6.20 Å². The average Bonchev–Trinajstić information content (AvgIpc) is 3.09. The van der Waals surface area contributed by atoms with Crippen LogP contribution in [0.2, 0.25) is 0 Å². The van der Waals surface area contributed by atoms with Crippen molar-refractivity contribution in [2.75, 3.05) is 6.54 Å². The molecular formula is C17H21N3O2. The van der Waals surface area contributed by atoms with E-state index in [0.717, 1.165) is 19.5 Å². The van der Waals surface area contributed by atoms with E-state index in [4.69, 9.17) is 4.42 Å². The van der Waals surface area contributed by atoms with Gasteiger partial charge in [-0.3, -0.25) is 9.69 Å². The van der Waals surface area contributed by atoms with Crippen LogP contribution in [0.15, 0.2) is 40.9 Å². The van der Waals surface area contributed by atoms with Crippen molar-refractivity contribution in [1.82, 2.24) is 15.2 Å². The van der Waals surface area contributed by atoms with Gasteiger partial charge in [0.25, 0.3) is 5.89 Å². The maximum atomic E-state index is 12.1. The third-order valence-corrected chi connectivity index (χ3v) is 4.25. The maximum absolute atomic E-state index is 12.1. The van der Waals surface area contributed by atoms with Gasteiger partial charge in [-0.2, -0.15) is 0 Å². The molecule has 2 heterocycles. The summed E-state index contributed by atoms with van der Waals surface area (Å²) in [4.78, 5) is 18.5. The van der Waals surface area contributed by atoms with Gasteiger partial charge in [-0.05, 0) is 25.8 Å². The zero-order valence-electron chi connectivity index (χ0n) is 13.0. The number of amides is 1. The summed E-state index contributed by atoms with van der Waals surface area (Å²) in [7, 11) is 0. The molecule has 0 spiro atoms. The molecule has 116 valence electrons. The summed E-state index contributed by atoms with van der Waals surface area (Å²) >= 11 is 0. The Labute approximate surface area is 130 Å². The number of oxazole rings is 1. The highest BCUT2D eigenvalue weighted by Crippen LogP contribution is 2.20. The van der Waals surface area contributed by atoms with E-state index in [9.17, 15) is 4.79 Å². The van der Waals surface area contributed by atoms with Gasteiger partial charge in [0, 0.05) is 25.2 Å². The molecule has 5 nitrogen and oxygen atoms in total. The number of aryl methyl sites for hydroxylation is 1. The van der Waals surface area contributed by atoms with Gasteiger partial charge >= 0.3 is 5.91 Å². The highest BCUT2D eigenvalue weighted by atomic mass is 16.4. The number of nitrogens with one attached hydrogen (secondary N) is 1. The summed E-state index contributed by atoms with van der Waals surface area (Å²) < 4.78 is 5.28. The summed E-state index contributed by atoms with van der Waals surface area (Å²) in [6.45, 7) is 5.82. The number of hydrogen-bond donors (Lipinski definition) is 1. The Bertz CT molecular complexity index is 638. The lowest BCUT2D eigenvalue weighted by Crippen LogP contribution is -2.43. The van der Waals surface area contributed by atoms with Crippen molar-refractivity contribution in [2.24, 2.45) is 0 Å². The minimum absolute atomic E-state index is 0.128. The molecule has 1 amide bonds. The molecule has 1 aromatic carbocycles. The van der Waals surface area contributed by atoms with Crippen LogP contribution in [-0.4, -0.2) is 34.4 Å². The molecule has 0 unspecified atom stereocenters. The predicted octanol–water partition coefficient (Wildman–Crippen LogP) is 2.38. The highest BCUT2D eigenvalue weighted by molar-refractivity contribution is 5.89. The minimum atomic E-state index is -0.230. The van der Waals surface area contributed by atoms with Crippen molar-refractivity contribution in [2.45, 2.75) is 38.9 Å². The van der Waals surface area contributed by atoms with E-state index in [1.54, 1.807) is 13.1 Å². The largest absolute Gasteiger partial charge is 0.438 e. The average molecular weight is 299 g/mol. The molecule has 1 aliphatic rings. The first-order chi connectivity index (χ1) is 10.6. The predicted molar refractivity (Wildman–Crippen MR) is 83.4 cm³/mol. The molecule has 1 aromatic heterocycles. The summed E-state index contributed by atoms with van der Waals surface area (Å²) in [6.07, 6.45) is 2.51. The number of carbonyl (C=O) groups excluding carboxylic acids is 1. The smallest absolute Gasteiger partial charge is 0.307 e. The van der Waals surface area contributed by atoms with Crippen molar-refractivity contribution in [1.29, 1.82) is 0 Å². The third kappa shape index (κ3) is 3.20. The van der Waals surface area contributed by atoms with Crippen LogP contribution >= 0.6 is 0 Å². The summed E-state index contributed by atoms with van der Waals surface area (Å²) in [6, 6.07) is 10.8. The number of carbonyl (C=O) groups is 1. The van der Waals surface area contributed by atoms with E-state index in [0.29, 0.717) is 11.8 Å². The Morgan fingerprint density at radius 3 is 2.86 bits per heavy atom. The molecule has 2 atom stereocenters. The molecule has 1 fully saturated rings. The van der Waals surface area contributed by atoms with Crippen LogP contribution in [0.1, 0.15) is 35.4 Å². The molecule has 0 radical (unpaired) electrons. The molecule has 0 bridgehead atoms. The van der Waals surface area contributed by atoms with Gasteiger partial charge in [0.15, 0.2) is 0 Å². The fourth-order valence-corrected chi connectivity index (χ4v) is 2.93. The van der Waals surface area contributed by atoms with Crippen molar-refractivity contribution in [3.8, 4) is 0 Å². The molecule has 0 aliphatic carbocycles. The molecule has 1 aliphatic heterocycles. The second kappa shape index (κ2) is 6.32. The number of rotatable bonds is 4. The lowest BCUT2D eigenvalue weighted by Gasteiger charge is -2.24. The SMILES string of the molecule is Cc1cnc(C(=O)N[C@@H]2CCN(Cc3ccccc3)[C@@H]2C)o1. The summed E-state index contributed by atoms with van der Waals surface area (Å²) in [5, 5.41) is 3.04. The van der Waals surface area contributed by atoms with Crippen molar-refractivity contribution >= 4 is 5.91 Å². The van der Waals surface area contributed by atoms with Crippen LogP contribution in [0, 0.1) is 6.92 Å². The van der Waals surface area contributed by atoms with E-state index in [1.807, 2.05) is 6.07 Å². The minimum Gasteiger partial charge on any atom is -0.438 e. The fourth-order valence-electron chi connectivity index (χ4n) is 2.93. The van der Waals surface area contributed by atoms with Gasteiger partial charge in [-0.25, -0.2) is 4.98 Å². The first-order valence-electron chi connectivity index (χ1n) is 7.65. The van der Waals surface area contributed by atoms with Gasteiger partial charge in [0.2, 0.25) is 0 Å². The van der Waals surface area contributed by atoms with Gasteiger partial charge < -0.3 is 9.73 Å². The third-order valence-electron chi connectivity index (χ3n) is 4.25. The first-order valence-corrected chi connectivity index (χ1v) is 7.65. The fraction of sp³-hybridized carbons (Fsp3) is 0.412. The van der Waals surface area contributed by atoms with E-state index in [-0.39, 0.29) is 17.8 Å². The van der Waals surface area contributed by atoms with Crippen LogP contribution in [-0.2, 0) is 6.54 Å². The molecule has 0 saturated carbocycles. The van der Waals surface area contributed by atoms with Gasteiger partial charge in [0.1, 0.15) is 5.76 Å². The van der Waals surface area contributed by atoms with Crippen molar-refractivity contribution in [3.05, 3.63) is 53.7 Å². The Morgan fingerprint density at radius 2 is 2.18 bits per heavy atom. The molecular weight excluding hydrogens is 278 g/mol. The van der Waals surface area contributed by atoms with Crippen LogP contribution < -0.4 is 5.32 Å². The zero-order valence-corrected chi connectivity index (χ0v) is 13.0. The number of hydrogen-bond acceptors (Lipinski definition) is 4. The van der Waals surface area contributed by atoms with E-state index in [1.165, 1.54) is 5.56 Å². The Kier molecular flexibility index (Phi) is 4.24. The molecule has 1 saturated heterocycles. The molecule has 2 aromatic rings. The Morgan fingerprint density at radius 1 is 1.41 bits per heavy atom. The summed E-state index contributed by atoms with van der Waals surface area (Å²) in [5.74, 6) is 0.563. The molecule has 1 N–H and O–H groups in total. The Balaban J connectivity index is 1.59. The normalized spacial score (nSPS) is 21.9. The van der Waals surface area contributed by atoms with Crippen LogP contribution in [0.5, 0.6) is 0 Å². The lowest BCUT2D eigenvalue weighted by molar-refractivity contribution is 0.0890. The maximum Gasteiger partial charge on any atom is 0.307 e. The zero-order chi connectivity index (χ0) is 15.5. The van der Waals surface area contributed by atoms with Crippen molar-refractivity contribution < 1.29 is 9.21 Å². The second-order valence-electron chi connectivity index (χ2n) is 5.84. The second-order valence-corrected chi connectivity index (χ2v) is 5.84. The molecule has 5 heteroatoms. The molecule has 22 heavy (non-hydrogen) atoms. The lowest BCUT2D eigenvalue weighted by atomic mass is 10.1. The monoisotopic (exact) mass is 299 g/mol. The standard InChI is InChI=1S/C17H21N3O2/c1-12-10-18-17(22-12)16(21)19-15-8-9-20(13(15)2)11-14-6-4-3-5-7-14/h3-7,10,13,15H,8-9,11H2,1-2H3,(H,19,21)/t13-,15-/m1/s1. The van der Waals surface area contributed by atoms with Gasteiger partial charge in [-0.1, -0.05) is 30.3 Å². The quantitative estimate of drug-likeness (QED) is 0.941. The van der Waals surface area contributed by atoms with E-state index in [2.05, 4.69) is 46.4 Å². The topological polar surface area (TPSA) is 58.4 Å². The first kappa shape index (κ1) is 14.8. The van der Waals surface area contributed by atoms with Crippen LogP contribution in [0.3, 0.4) is 0 Å². The van der Waals surface area contributed by atoms with Crippen LogP contribution in [0.25, 0.3) is 0 Å². The highest BCUT2D eigenvalue weighted by Gasteiger charge is 2.32. The Hall–Kier alpha value is -2.14. The number of benzene rings is 1. The summed E-state index contributed by atoms with van der Waals surface area (Å²) in [5.41, 5.74) is 1.30. The number of likely N-dealkylation sites (tertiary alicyclic amines) is 1. The van der Waals surface area contributed by atoms with Gasteiger partial charge in [-0.15, -0.1) is 0 Å². The van der Waals surface area contributed by atoms with Crippen molar-refractivity contribution in [3.63, 3.8) is 0 Å². The number of nitrogens with zero attached hydrogens (tertiary/aromatic N) is 2. The van der Waals surface area contributed by atoms with E-state index >= 15 is 0 Å². The molecule has 3 rings (SSSR count). The van der Waals surface area contributed by atoms with Crippen LogP contribution in [0.4, 0.5) is 0 Å². The number of aromatic nitrogens is 1. The van der Waals surface area contributed by atoms with E-state index < -0.39 is 0 Å².